The SMILES string of the molecule is COCC(Nc1ncc2c(n1)COC2)c1ccc(F)c(F)c1. The number of ether oxygens (including phenoxy) is 2. The molecule has 0 fully saturated rings. The van der Waals surface area contributed by atoms with Crippen LogP contribution in [0.25, 0.3) is 0 Å². The zero-order chi connectivity index (χ0) is 15.5. The monoisotopic (exact) mass is 307 g/mol. The van der Waals surface area contributed by atoms with Gasteiger partial charge in [-0.05, 0) is 17.7 Å². The number of anilines is 1. The van der Waals surface area contributed by atoms with Crippen LogP contribution in [-0.2, 0) is 22.7 Å². The van der Waals surface area contributed by atoms with E-state index in [1.165, 1.54) is 13.2 Å². The van der Waals surface area contributed by atoms with Crippen molar-refractivity contribution in [2.75, 3.05) is 19.0 Å². The third kappa shape index (κ3) is 3.05. The molecule has 1 aliphatic rings. The van der Waals surface area contributed by atoms with Gasteiger partial charge in [0.15, 0.2) is 11.6 Å². The Morgan fingerprint density at radius 2 is 2.18 bits per heavy atom. The molecule has 1 N–H and O–H groups in total. The van der Waals surface area contributed by atoms with E-state index >= 15 is 0 Å². The third-order valence-electron chi connectivity index (χ3n) is 3.43. The molecule has 3 rings (SSSR count). The Kier molecular flexibility index (Phi) is 4.26. The number of halogens is 2. The maximum absolute atomic E-state index is 13.4. The summed E-state index contributed by atoms with van der Waals surface area (Å²) >= 11 is 0. The number of nitrogens with one attached hydrogen (secondary N) is 1. The standard InChI is InChI=1S/C15H15F2N3O2/c1-21-7-13(9-2-3-11(16)12(17)4-9)19-15-18-5-10-6-22-8-14(10)20-15/h2-5,13H,6-8H2,1H3,(H,18,19,20). The second-order valence-electron chi connectivity index (χ2n) is 4.98. The van der Waals surface area contributed by atoms with Crippen molar-refractivity contribution in [1.82, 2.24) is 9.97 Å². The van der Waals surface area contributed by atoms with Crippen LogP contribution < -0.4 is 5.32 Å². The molecule has 1 unspecified atom stereocenters. The molecule has 0 amide bonds. The smallest absolute Gasteiger partial charge is 0.223 e. The van der Waals surface area contributed by atoms with E-state index in [0.717, 1.165) is 23.4 Å². The number of methoxy groups -OCH3 is 1. The Hall–Kier alpha value is -2.12. The van der Waals surface area contributed by atoms with E-state index in [1.54, 1.807) is 6.20 Å². The second-order valence-corrected chi connectivity index (χ2v) is 4.98. The second kappa shape index (κ2) is 6.33. The molecule has 1 aliphatic heterocycles. The highest BCUT2D eigenvalue weighted by atomic mass is 19.2. The fourth-order valence-corrected chi connectivity index (χ4v) is 2.29. The van der Waals surface area contributed by atoms with Crippen LogP contribution in [0.15, 0.2) is 24.4 Å². The van der Waals surface area contributed by atoms with Gasteiger partial charge in [-0.25, -0.2) is 18.7 Å². The topological polar surface area (TPSA) is 56.3 Å². The van der Waals surface area contributed by atoms with Gasteiger partial charge in [0.1, 0.15) is 0 Å². The highest BCUT2D eigenvalue weighted by Gasteiger charge is 2.18. The van der Waals surface area contributed by atoms with Crippen molar-refractivity contribution in [2.45, 2.75) is 19.3 Å². The van der Waals surface area contributed by atoms with Crippen molar-refractivity contribution in [3.05, 3.63) is 52.9 Å². The van der Waals surface area contributed by atoms with Crippen molar-refractivity contribution < 1.29 is 18.3 Å². The van der Waals surface area contributed by atoms with Gasteiger partial charge in [-0.3, -0.25) is 0 Å². The summed E-state index contributed by atoms with van der Waals surface area (Å²) in [5, 5.41) is 3.08. The maximum Gasteiger partial charge on any atom is 0.223 e. The zero-order valence-corrected chi connectivity index (χ0v) is 12.0. The van der Waals surface area contributed by atoms with Gasteiger partial charge in [0.05, 0.1) is 31.6 Å². The fourth-order valence-electron chi connectivity index (χ4n) is 2.29. The highest BCUT2D eigenvalue weighted by molar-refractivity contribution is 5.35. The number of fused-ring (bicyclic) bond motifs is 1. The number of hydrogen-bond donors (Lipinski definition) is 1. The van der Waals surface area contributed by atoms with Crippen LogP contribution in [-0.4, -0.2) is 23.7 Å². The predicted octanol–water partition coefficient (Wildman–Crippen LogP) is 2.58. The molecule has 5 nitrogen and oxygen atoms in total. The van der Waals surface area contributed by atoms with E-state index in [0.29, 0.717) is 24.7 Å². The van der Waals surface area contributed by atoms with Crippen molar-refractivity contribution in [3.8, 4) is 0 Å². The number of nitrogens with zero attached hydrogens (tertiary/aromatic N) is 2. The molecule has 1 aromatic heterocycles. The van der Waals surface area contributed by atoms with Crippen molar-refractivity contribution in [3.63, 3.8) is 0 Å². The first-order chi connectivity index (χ1) is 10.7. The lowest BCUT2D eigenvalue weighted by atomic mass is 10.1. The Morgan fingerprint density at radius 1 is 1.32 bits per heavy atom. The van der Waals surface area contributed by atoms with Crippen molar-refractivity contribution in [1.29, 1.82) is 0 Å². The minimum Gasteiger partial charge on any atom is -0.382 e. The van der Waals surface area contributed by atoms with Crippen LogP contribution in [0.2, 0.25) is 0 Å². The highest BCUT2D eigenvalue weighted by Crippen LogP contribution is 2.22. The molecule has 0 bridgehead atoms. The summed E-state index contributed by atoms with van der Waals surface area (Å²) in [6, 6.07) is 3.35. The van der Waals surface area contributed by atoms with E-state index < -0.39 is 11.6 Å². The Morgan fingerprint density at radius 3 is 2.95 bits per heavy atom. The van der Waals surface area contributed by atoms with Crippen LogP contribution >= 0.6 is 0 Å². The van der Waals surface area contributed by atoms with Gasteiger partial charge in [-0.15, -0.1) is 0 Å². The van der Waals surface area contributed by atoms with Gasteiger partial charge in [-0.1, -0.05) is 6.07 Å². The zero-order valence-electron chi connectivity index (χ0n) is 12.0. The van der Waals surface area contributed by atoms with E-state index in [4.69, 9.17) is 9.47 Å². The molecule has 0 radical (unpaired) electrons. The van der Waals surface area contributed by atoms with E-state index in [1.807, 2.05) is 0 Å². The fraction of sp³-hybridized carbons (Fsp3) is 0.333. The average Bonchev–Trinajstić information content (AvgIpc) is 2.97. The quantitative estimate of drug-likeness (QED) is 0.920. The summed E-state index contributed by atoms with van der Waals surface area (Å²) < 4.78 is 36.9. The molecule has 116 valence electrons. The molecule has 0 aliphatic carbocycles. The molecule has 0 spiro atoms. The Balaban J connectivity index is 1.83. The Labute approximate surface area is 126 Å². The van der Waals surface area contributed by atoms with Crippen LogP contribution in [0, 0.1) is 11.6 Å². The predicted molar refractivity (Wildman–Crippen MR) is 75.1 cm³/mol. The lowest BCUT2D eigenvalue weighted by Gasteiger charge is -2.18. The third-order valence-corrected chi connectivity index (χ3v) is 3.43. The minimum absolute atomic E-state index is 0.266. The van der Waals surface area contributed by atoms with Crippen molar-refractivity contribution >= 4 is 5.95 Å². The summed E-state index contributed by atoms with van der Waals surface area (Å²) in [6.07, 6.45) is 1.70. The number of hydrogen-bond acceptors (Lipinski definition) is 5. The molecular formula is C15H15F2N3O2. The molecule has 0 saturated heterocycles. The van der Waals surface area contributed by atoms with Gasteiger partial charge in [0, 0.05) is 18.9 Å². The van der Waals surface area contributed by atoms with E-state index in [-0.39, 0.29) is 12.6 Å². The molecular weight excluding hydrogens is 292 g/mol. The van der Waals surface area contributed by atoms with Gasteiger partial charge in [0.25, 0.3) is 0 Å². The number of aromatic nitrogens is 2. The summed E-state index contributed by atoms with van der Waals surface area (Å²) in [4.78, 5) is 8.58. The molecule has 1 aromatic carbocycles. The first-order valence-corrected chi connectivity index (χ1v) is 6.80. The minimum atomic E-state index is -0.899. The van der Waals surface area contributed by atoms with Crippen LogP contribution in [0.3, 0.4) is 0 Å². The van der Waals surface area contributed by atoms with Crippen LogP contribution in [0.5, 0.6) is 0 Å². The molecule has 2 aromatic rings. The van der Waals surface area contributed by atoms with Gasteiger partial charge >= 0.3 is 0 Å². The molecule has 2 heterocycles. The lowest BCUT2D eigenvalue weighted by Crippen LogP contribution is -2.18. The number of benzene rings is 1. The van der Waals surface area contributed by atoms with E-state index in [2.05, 4.69) is 15.3 Å². The van der Waals surface area contributed by atoms with Gasteiger partial charge in [0.2, 0.25) is 5.95 Å². The summed E-state index contributed by atoms with van der Waals surface area (Å²) in [7, 11) is 1.53. The lowest BCUT2D eigenvalue weighted by molar-refractivity contribution is 0.133. The van der Waals surface area contributed by atoms with Crippen molar-refractivity contribution in [2.24, 2.45) is 0 Å². The molecule has 22 heavy (non-hydrogen) atoms. The molecule has 0 saturated carbocycles. The first kappa shape index (κ1) is 14.8. The summed E-state index contributed by atoms with van der Waals surface area (Å²) in [5.41, 5.74) is 2.35. The molecule has 7 heteroatoms. The molecule has 1 atom stereocenters. The summed E-state index contributed by atoms with van der Waals surface area (Å²) in [5.74, 6) is -1.38. The van der Waals surface area contributed by atoms with Gasteiger partial charge in [-0.2, -0.15) is 0 Å². The Bertz CT molecular complexity index is 682. The number of rotatable bonds is 5. The summed E-state index contributed by atoms with van der Waals surface area (Å²) in [6.45, 7) is 1.23. The van der Waals surface area contributed by atoms with Crippen LogP contribution in [0.4, 0.5) is 14.7 Å². The van der Waals surface area contributed by atoms with E-state index in [9.17, 15) is 8.78 Å². The normalized spacial score (nSPS) is 14.7. The average molecular weight is 307 g/mol. The first-order valence-electron chi connectivity index (χ1n) is 6.80. The maximum atomic E-state index is 13.4. The largest absolute Gasteiger partial charge is 0.382 e. The van der Waals surface area contributed by atoms with Crippen LogP contribution in [0.1, 0.15) is 22.9 Å². The van der Waals surface area contributed by atoms with Gasteiger partial charge < -0.3 is 14.8 Å².